The molecule has 0 aromatic carbocycles. The third-order valence-electron chi connectivity index (χ3n) is 2.29. The number of thioether (sulfide) groups is 1. The average Bonchev–Trinajstić information content (AvgIpc) is 2.29. The number of hydrogen-bond acceptors (Lipinski definition) is 4. The molecule has 0 aromatic heterocycles. The second kappa shape index (κ2) is 9.73. The molecule has 16 heavy (non-hydrogen) atoms. The monoisotopic (exact) mass is 245 g/mol. The first kappa shape index (κ1) is 15.5. The van der Waals surface area contributed by atoms with Crippen LogP contribution in [0.5, 0.6) is 0 Å². The van der Waals surface area contributed by atoms with E-state index < -0.39 is 0 Å². The smallest absolute Gasteiger partial charge is 0.334 e. The maximum absolute atomic E-state index is 11.2. The molecule has 0 saturated heterocycles. The van der Waals surface area contributed by atoms with Crippen LogP contribution < -0.4 is 0 Å². The van der Waals surface area contributed by atoms with Crippen LogP contribution >= 0.6 is 11.8 Å². The summed E-state index contributed by atoms with van der Waals surface area (Å²) in [5.41, 5.74) is 0.561. The van der Waals surface area contributed by atoms with Gasteiger partial charge in [0.15, 0.2) is 0 Å². The molecule has 0 amide bonds. The number of carbonyl (C=O) groups excluding carboxylic acids is 1. The summed E-state index contributed by atoms with van der Waals surface area (Å²) in [6.45, 7) is 13.5. The van der Waals surface area contributed by atoms with Crippen molar-refractivity contribution in [3.05, 3.63) is 12.2 Å². The van der Waals surface area contributed by atoms with Crippen molar-refractivity contribution in [2.24, 2.45) is 0 Å². The van der Waals surface area contributed by atoms with Gasteiger partial charge in [-0.15, -0.1) is 0 Å². The highest BCUT2D eigenvalue weighted by Gasteiger charge is 2.07. The molecule has 94 valence electrons. The van der Waals surface area contributed by atoms with Crippen molar-refractivity contribution in [2.45, 2.75) is 20.8 Å². The van der Waals surface area contributed by atoms with Gasteiger partial charge in [0.05, 0.1) is 6.61 Å². The summed E-state index contributed by atoms with van der Waals surface area (Å²) in [6, 6.07) is 0. The van der Waals surface area contributed by atoms with Crippen LogP contribution in [0.25, 0.3) is 0 Å². The highest BCUT2D eigenvalue weighted by atomic mass is 32.2. The fourth-order valence-electron chi connectivity index (χ4n) is 1.22. The minimum absolute atomic E-state index is 0.266. The SMILES string of the molecule is C=C(CSCCN(CC)CC)C(=O)OCC. The lowest BCUT2D eigenvalue weighted by atomic mass is 10.4. The fraction of sp³-hybridized carbons (Fsp3) is 0.750. The Morgan fingerprint density at radius 3 is 2.44 bits per heavy atom. The van der Waals surface area contributed by atoms with Gasteiger partial charge in [-0.2, -0.15) is 11.8 Å². The van der Waals surface area contributed by atoms with Gasteiger partial charge in [0.25, 0.3) is 0 Å². The second-order valence-electron chi connectivity index (χ2n) is 3.40. The van der Waals surface area contributed by atoms with E-state index >= 15 is 0 Å². The minimum atomic E-state index is -0.266. The van der Waals surface area contributed by atoms with Crippen molar-refractivity contribution in [3.63, 3.8) is 0 Å². The van der Waals surface area contributed by atoms with Gasteiger partial charge < -0.3 is 9.64 Å². The molecule has 0 aliphatic rings. The zero-order chi connectivity index (χ0) is 12.4. The molecule has 0 spiro atoms. The molecule has 3 nitrogen and oxygen atoms in total. The Kier molecular flexibility index (Phi) is 9.43. The van der Waals surface area contributed by atoms with E-state index in [9.17, 15) is 4.79 Å². The molecule has 0 saturated carbocycles. The first-order valence-corrected chi connectivity index (χ1v) is 6.96. The van der Waals surface area contributed by atoms with Crippen LogP contribution in [0.2, 0.25) is 0 Å². The lowest BCUT2D eigenvalue weighted by molar-refractivity contribution is -0.138. The Morgan fingerprint density at radius 1 is 1.31 bits per heavy atom. The Labute approximate surface area is 103 Å². The van der Waals surface area contributed by atoms with Gasteiger partial charge in [-0.1, -0.05) is 20.4 Å². The molecular formula is C12H23NO2S. The van der Waals surface area contributed by atoms with Gasteiger partial charge in [0.1, 0.15) is 0 Å². The fourth-order valence-corrected chi connectivity index (χ4v) is 2.12. The molecule has 0 aliphatic carbocycles. The quantitative estimate of drug-likeness (QED) is 0.354. The number of carbonyl (C=O) groups is 1. The topological polar surface area (TPSA) is 29.5 Å². The number of esters is 1. The summed E-state index contributed by atoms with van der Waals surface area (Å²) >= 11 is 1.73. The van der Waals surface area contributed by atoms with Crippen molar-refractivity contribution < 1.29 is 9.53 Å². The van der Waals surface area contributed by atoms with Gasteiger partial charge in [-0.25, -0.2) is 4.79 Å². The van der Waals surface area contributed by atoms with Crippen LogP contribution in [0.4, 0.5) is 0 Å². The van der Waals surface area contributed by atoms with E-state index in [1.54, 1.807) is 18.7 Å². The standard InChI is InChI=1S/C12H23NO2S/c1-5-13(6-2)8-9-16-10-11(4)12(14)15-7-3/h4-10H2,1-3H3. The predicted molar refractivity (Wildman–Crippen MR) is 70.9 cm³/mol. The Hall–Kier alpha value is -0.480. The molecule has 0 N–H and O–H groups in total. The molecule has 0 fully saturated rings. The van der Waals surface area contributed by atoms with E-state index in [0.717, 1.165) is 25.4 Å². The molecule has 0 aliphatic heterocycles. The average molecular weight is 245 g/mol. The molecule has 0 rings (SSSR count). The number of rotatable bonds is 9. The van der Waals surface area contributed by atoms with E-state index in [0.29, 0.717) is 17.9 Å². The molecular weight excluding hydrogens is 222 g/mol. The van der Waals surface area contributed by atoms with Gasteiger partial charge in [-0.05, 0) is 20.0 Å². The molecule has 4 heteroatoms. The van der Waals surface area contributed by atoms with E-state index in [-0.39, 0.29) is 5.97 Å². The molecule has 0 aromatic rings. The number of nitrogens with zero attached hydrogens (tertiary/aromatic N) is 1. The molecule has 0 bridgehead atoms. The molecule has 0 heterocycles. The highest BCUT2D eigenvalue weighted by molar-refractivity contribution is 7.99. The number of ether oxygens (including phenoxy) is 1. The number of hydrogen-bond donors (Lipinski definition) is 0. The lowest BCUT2D eigenvalue weighted by Crippen LogP contribution is -2.25. The van der Waals surface area contributed by atoms with Gasteiger partial charge >= 0.3 is 5.97 Å². The Balaban J connectivity index is 3.58. The van der Waals surface area contributed by atoms with Crippen LogP contribution in [-0.2, 0) is 9.53 Å². The van der Waals surface area contributed by atoms with E-state index in [1.807, 2.05) is 0 Å². The maximum atomic E-state index is 11.2. The summed E-state index contributed by atoms with van der Waals surface area (Å²) in [5.74, 6) is 1.43. The van der Waals surface area contributed by atoms with Crippen molar-refractivity contribution in [3.8, 4) is 0 Å². The predicted octanol–water partition coefficient (Wildman–Crippen LogP) is 2.18. The zero-order valence-corrected chi connectivity index (χ0v) is 11.4. The van der Waals surface area contributed by atoms with Crippen molar-refractivity contribution in [1.29, 1.82) is 0 Å². The Morgan fingerprint density at radius 2 is 1.94 bits per heavy atom. The van der Waals surface area contributed by atoms with Crippen LogP contribution in [0.15, 0.2) is 12.2 Å². The first-order chi connectivity index (χ1) is 7.65. The van der Waals surface area contributed by atoms with Crippen molar-refractivity contribution in [2.75, 3.05) is 37.7 Å². The summed E-state index contributed by atoms with van der Waals surface area (Å²) < 4.78 is 4.86. The van der Waals surface area contributed by atoms with E-state index in [2.05, 4.69) is 25.3 Å². The van der Waals surface area contributed by atoms with Gasteiger partial charge in [0.2, 0.25) is 0 Å². The van der Waals surface area contributed by atoms with E-state index in [1.165, 1.54) is 0 Å². The summed E-state index contributed by atoms with van der Waals surface area (Å²) in [4.78, 5) is 13.6. The third kappa shape index (κ3) is 6.90. The van der Waals surface area contributed by atoms with Crippen molar-refractivity contribution in [1.82, 2.24) is 4.90 Å². The van der Waals surface area contributed by atoms with Crippen molar-refractivity contribution >= 4 is 17.7 Å². The molecule has 0 atom stereocenters. The third-order valence-corrected chi connectivity index (χ3v) is 3.31. The van der Waals surface area contributed by atoms with E-state index in [4.69, 9.17) is 4.74 Å². The largest absolute Gasteiger partial charge is 0.463 e. The summed E-state index contributed by atoms with van der Waals surface area (Å²) in [7, 11) is 0. The second-order valence-corrected chi connectivity index (χ2v) is 4.51. The summed E-state index contributed by atoms with van der Waals surface area (Å²) in [5, 5.41) is 0. The van der Waals surface area contributed by atoms with Gasteiger partial charge in [0, 0.05) is 23.6 Å². The highest BCUT2D eigenvalue weighted by Crippen LogP contribution is 2.08. The van der Waals surface area contributed by atoms with Crippen LogP contribution in [0.3, 0.4) is 0 Å². The van der Waals surface area contributed by atoms with Crippen LogP contribution in [-0.4, -0.2) is 48.6 Å². The van der Waals surface area contributed by atoms with Gasteiger partial charge in [-0.3, -0.25) is 0 Å². The first-order valence-electron chi connectivity index (χ1n) is 5.80. The normalized spacial score (nSPS) is 10.5. The molecule has 0 radical (unpaired) electrons. The lowest BCUT2D eigenvalue weighted by Gasteiger charge is -2.17. The van der Waals surface area contributed by atoms with Crippen LogP contribution in [0, 0.1) is 0 Å². The van der Waals surface area contributed by atoms with Crippen LogP contribution in [0.1, 0.15) is 20.8 Å². The zero-order valence-electron chi connectivity index (χ0n) is 10.6. The summed E-state index contributed by atoms with van der Waals surface area (Å²) in [6.07, 6.45) is 0. The minimum Gasteiger partial charge on any atom is -0.463 e. The molecule has 0 unspecified atom stereocenters. The maximum Gasteiger partial charge on any atom is 0.334 e. The Bertz CT molecular complexity index is 215.